The number of aliphatic hydroxyl groups excluding tert-OH is 3. The summed E-state index contributed by atoms with van der Waals surface area (Å²) in [5.74, 6) is 10.5. The normalized spacial score (nSPS) is 11.9. The predicted molar refractivity (Wildman–Crippen MR) is 67.9 cm³/mol. The van der Waals surface area contributed by atoms with Crippen molar-refractivity contribution >= 4 is 0 Å². The summed E-state index contributed by atoms with van der Waals surface area (Å²) in [5.41, 5.74) is 0. The second-order valence-electron chi connectivity index (χ2n) is 3.27. The van der Waals surface area contributed by atoms with Crippen molar-refractivity contribution in [3.8, 4) is 23.7 Å². The molecule has 0 saturated carbocycles. The molecule has 0 aromatic rings. The van der Waals surface area contributed by atoms with Gasteiger partial charge in [0.2, 0.25) is 0 Å². The molecular formula is C14H18O3. The maximum atomic E-state index is 9.44. The average molecular weight is 234 g/mol. The van der Waals surface area contributed by atoms with Gasteiger partial charge < -0.3 is 15.3 Å². The molecule has 0 aliphatic heterocycles. The minimum atomic E-state index is -0.516. The van der Waals surface area contributed by atoms with Crippen molar-refractivity contribution in [3.63, 3.8) is 0 Å². The molecule has 0 bridgehead atoms. The highest BCUT2D eigenvalue weighted by Crippen LogP contribution is 2.00. The minimum absolute atomic E-state index is 0.0258. The number of hydrogen-bond donors (Lipinski definition) is 3. The molecule has 1 unspecified atom stereocenters. The van der Waals surface area contributed by atoms with Gasteiger partial charge in [-0.05, 0) is 49.3 Å². The van der Waals surface area contributed by atoms with Crippen LogP contribution in [0.4, 0.5) is 0 Å². The van der Waals surface area contributed by atoms with E-state index >= 15 is 0 Å². The molecule has 0 radical (unpaired) electrons. The summed E-state index contributed by atoms with van der Waals surface area (Å²) in [6.07, 6.45) is 7.84. The van der Waals surface area contributed by atoms with Gasteiger partial charge >= 0.3 is 0 Å². The molecule has 17 heavy (non-hydrogen) atoms. The van der Waals surface area contributed by atoms with Crippen molar-refractivity contribution in [1.29, 1.82) is 0 Å². The molecule has 0 saturated heterocycles. The molecular weight excluding hydrogens is 216 g/mol. The summed E-state index contributed by atoms with van der Waals surface area (Å²) in [6.45, 7) is 0.134. The Morgan fingerprint density at radius 1 is 1.00 bits per heavy atom. The van der Waals surface area contributed by atoms with Crippen molar-refractivity contribution in [2.45, 2.75) is 25.4 Å². The van der Waals surface area contributed by atoms with Gasteiger partial charge in [0, 0.05) is 6.61 Å². The Balaban J connectivity index is 3.80. The van der Waals surface area contributed by atoms with E-state index in [0.717, 1.165) is 6.42 Å². The molecule has 0 heterocycles. The van der Waals surface area contributed by atoms with Crippen LogP contribution in [0.3, 0.4) is 0 Å². The van der Waals surface area contributed by atoms with Crippen molar-refractivity contribution in [2.75, 3.05) is 13.2 Å². The molecule has 0 rings (SSSR count). The third kappa shape index (κ3) is 12.4. The summed E-state index contributed by atoms with van der Waals surface area (Å²) >= 11 is 0. The van der Waals surface area contributed by atoms with Gasteiger partial charge in [0.05, 0.1) is 12.7 Å². The van der Waals surface area contributed by atoms with Gasteiger partial charge in [-0.15, -0.1) is 0 Å². The zero-order chi connectivity index (χ0) is 12.8. The Kier molecular flexibility index (Phi) is 11.4. The van der Waals surface area contributed by atoms with Gasteiger partial charge in [-0.25, -0.2) is 0 Å². The van der Waals surface area contributed by atoms with Crippen LogP contribution in [-0.4, -0.2) is 34.6 Å². The fraction of sp³-hybridized carbons (Fsp3) is 0.429. The summed E-state index contributed by atoms with van der Waals surface area (Å²) in [7, 11) is 0. The Morgan fingerprint density at radius 3 is 2.35 bits per heavy atom. The van der Waals surface area contributed by atoms with Gasteiger partial charge in [0.15, 0.2) is 0 Å². The predicted octanol–water partition coefficient (Wildman–Crippen LogP) is 0.621. The topological polar surface area (TPSA) is 60.7 Å². The van der Waals surface area contributed by atoms with E-state index in [1.165, 1.54) is 12.2 Å². The van der Waals surface area contributed by atoms with Gasteiger partial charge in [-0.2, -0.15) is 0 Å². The van der Waals surface area contributed by atoms with E-state index in [4.69, 9.17) is 10.2 Å². The van der Waals surface area contributed by atoms with Crippen LogP contribution in [0, 0.1) is 23.7 Å². The fourth-order valence-corrected chi connectivity index (χ4v) is 0.988. The quantitative estimate of drug-likeness (QED) is 0.466. The SMILES string of the molecule is OCC=CC#CC#CC=CC(O)CCCCO. The number of rotatable bonds is 6. The number of allylic oxidation sites excluding steroid dienone is 2. The number of hydrogen-bond acceptors (Lipinski definition) is 3. The highest BCUT2D eigenvalue weighted by atomic mass is 16.3. The molecule has 3 nitrogen and oxygen atoms in total. The van der Waals surface area contributed by atoms with Crippen LogP contribution in [0.5, 0.6) is 0 Å². The van der Waals surface area contributed by atoms with E-state index < -0.39 is 6.10 Å². The van der Waals surface area contributed by atoms with Crippen LogP contribution < -0.4 is 0 Å². The van der Waals surface area contributed by atoms with E-state index in [9.17, 15) is 5.11 Å². The average Bonchev–Trinajstić information content (AvgIpc) is 2.33. The lowest BCUT2D eigenvalue weighted by atomic mass is 10.1. The van der Waals surface area contributed by atoms with Crippen LogP contribution in [0.15, 0.2) is 24.3 Å². The number of unbranched alkanes of at least 4 members (excludes halogenated alkanes) is 1. The molecule has 0 amide bonds. The first kappa shape index (κ1) is 15.5. The first-order chi connectivity index (χ1) is 8.31. The zero-order valence-electron chi connectivity index (χ0n) is 9.76. The monoisotopic (exact) mass is 234 g/mol. The molecule has 0 fully saturated rings. The van der Waals surface area contributed by atoms with Crippen LogP contribution in [-0.2, 0) is 0 Å². The first-order valence-electron chi connectivity index (χ1n) is 5.53. The van der Waals surface area contributed by atoms with Crippen molar-refractivity contribution in [3.05, 3.63) is 24.3 Å². The van der Waals surface area contributed by atoms with Crippen LogP contribution in [0.1, 0.15) is 19.3 Å². The molecule has 1 atom stereocenters. The molecule has 3 N–H and O–H groups in total. The highest BCUT2D eigenvalue weighted by Gasteiger charge is 1.96. The Bertz CT molecular complexity index is 347. The summed E-state index contributed by atoms with van der Waals surface area (Å²) in [4.78, 5) is 0. The Labute approximate surface area is 102 Å². The molecule has 0 aromatic heterocycles. The van der Waals surface area contributed by atoms with E-state index in [2.05, 4.69) is 23.7 Å². The first-order valence-corrected chi connectivity index (χ1v) is 5.53. The Morgan fingerprint density at radius 2 is 1.71 bits per heavy atom. The lowest BCUT2D eigenvalue weighted by Gasteiger charge is -2.02. The van der Waals surface area contributed by atoms with Crippen molar-refractivity contribution < 1.29 is 15.3 Å². The van der Waals surface area contributed by atoms with Crippen LogP contribution in [0.25, 0.3) is 0 Å². The smallest absolute Gasteiger partial charge is 0.0730 e. The van der Waals surface area contributed by atoms with Gasteiger partial charge in [0.25, 0.3) is 0 Å². The van der Waals surface area contributed by atoms with Gasteiger partial charge in [-0.1, -0.05) is 17.9 Å². The van der Waals surface area contributed by atoms with E-state index in [1.807, 2.05) is 0 Å². The third-order valence-electron chi connectivity index (χ3n) is 1.82. The molecule has 0 aliphatic rings. The van der Waals surface area contributed by atoms with Gasteiger partial charge in [0.1, 0.15) is 0 Å². The maximum Gasteiger partial charge on any atom is 0.0730 e. The van der Waals surface area contributed by atoms with Crippen molar-refractivity contribution in [2.24, 2.45) is 0 Å². The molecule has 0 aromatic carbocycles. The highest BCUT2D eigenvalue weighted by molar-refractivity contribution is 5.34. The van der Waals surface area contributed by atoms with Crippen molar-refractivity contribution in [1.82, 2.24) is 0 Å². The molecule has 92 valence electrons. The van der Waals surface area contributed by atoms with E-state index in [0.29, 0.717) is 12.8 Å². The molecule has 3 heteroatoms. The second kappa shape index (κ2) is 12.5. The number of aliphatic hydroxyl groups is 3. The lowest BCUT2D eigenvalue weighted by molar-refractivity contribution is 0.201. The van der Waals surface area contributed by atoms with E-state index in [-0.39, 0.29) is 13.2 Å². The standard InChI is InChI=1S/C14H18O3/c15-12-8-5-3-1-2-4-6-10-14(17)11-7-9-13-16/h5-6,8,10,14-17H,7,9,11-13H2. The van der Waals surface area contributed by atoms with Gasteiger partial charge in [-0.3, -0.25) is 0 Å². The summed E-state index contributed by atoms with van der Waals surface area (Å²) < 4.78 is 0. The minimum Gasteiger partial charge on any atom is -0.396 e. The third-order valence-corrected chi connectivity index (χ3v) is 1.82. The second-order valence-corrected chi connectivity index (χ2v) is 3.27. The summed E-state index contributed by atoms with van der Waals surface area (Å²) in [5, 5.41) is 26.4. The largest absolute Gasteiger partial charge is 0.396 e. The maximum absolute atomic E-state index is 9.44. The Hall–Kier alpha value is -1.52. The van der Waals surface area contributed by atoms with E-state index in [1.54, 1.807) is 12.2 Å². The summed E-state index contributed by atoms with van der Waals surface area (Å²) in [6, 6.07) is 0. The fourth-order valence-electron chi connectivity index (χ4n) is 0.988. The lowest BCUT2D eigenvalue weighted by Crippen LogP contribution is -2.01. The van der Waals surface area contributed by atoms with Crippen LogP contribution >= 0.6 is 0 Å². The zero-order valence-corrected chi connectivity index (χ0v) is 9.76. The molecule has 0 aliphatic carbocycles. The van der Waals surface area contributed by atoms with Crippen LogP contribution in [0.2, 0.25) is 0 Å². The molecule has 0 spiro atoms.